The van der Waals surface area contributed by atoms with Gasteiger partial charge in [0.2, 0.25) is 0 Å². The number of hydrogen-bond donors (Lipinski definition) is 1. The van der Waals surface area contributed by atoms with Gasteiger partial charge in [-0.25, -0.2) is 0 Å². The minimum Gasteiger partial charge on any atom is -0.385 e. The molecule has 0 aliphatic carbocycles. The zero-order chi connectivity index (χ0) is 10.7. The molecule has 1 N–H and O–H groups in total. The van der Waals surface area contributed by atoms with Gasteiger partial charge in [0.25, 0.3) is 10.1 Å². The minimum atomic E-state index is -3.44. The second-order valence-corrected chi connectivity index (χ2v) is 5.76. The highest BCUT2D eigenvalue weighted by Gasteiger charge is 2.17. The highest BCUT2D eigenvalue weighted by Crippen LogP contribution is 1.97. The molecule has 13 heavy (non-hydrogen) atoms. The van der Waals surface area contributed by atoms with Gasteiger partial charge >= 0.3 is 0 Å². The highest BCUT2D eigenvalue weighted by atomic mass is 32.2. The zero-order valence-corrected chi connectivity index (χ0v) is 9.34. The van der Waals surface area contributed by atoms with Crippen LogP contribution in [0, 0.1) is 0 Å². The van der Waals surface area contributed by atoms with Gasteiger partial charge in [-0.1, -0.05) is 0 Å². The Balaban J connectivity index is 3.84. The fourth-order valence-electron chi connectivity index (χ4n) is 0.887. The van der Waals surface area contributed by atoms with Crippen LogP contribution in [0.4, 0.5) is 0 Å². The van der Waals surface area contributed by atoms with Crippen LogP contribution >= 0.6 is 0 Å². The molecule has 0 unspecified atom stereocenters. The van der Waals surface area contributed by atoms with Crippen LogP contribution in [0.1, 0.15) is 0 Å². The molecule has 0 fully saturated rings. The molecule has 80 valence electrons. The number of aliphatic hydroxyl groups is 1. The summed E-state index contributed by atoms with van der Waals surface area (Å²) in [5, 5.41) is 9.34. The molecule has 0 saturated carbocycles. The molecule has 1 atom stereocenters. The second-order valence-electron chi connectivity index (χ2n) is 4.12. The van der Waals surface area contributed by atoms with E-state index in [1.807, 2.05) is 21.1 Å². The summed E-state index contributed by atoms with van der Waals surface area (Å²) >= 11 is 0. The molecule has 0 heterocycles. The Morgan fingerprint density at radius 2 is 1.85 bits per heavy atom. The van der Waals surface area contributed by atoms with Crippen molar-refractivity contribution in [2.45, 2.75) is 6.10 Å². The van der Waals surface area contributed by atoms with Crippen molar-refractivity contribution in [1.29, 1.82) is 0 Å². The standard InChI is InChI=1S/C7H18NO4S/c1-8(2,3)5-7(9)6-12-13(4,10)11/h7,9H,5-6H2,1-4H3/q+1/t7-/m1/s1. The smallest absolute Gasteiger partial charge is 0.264 e. The summed E-state index contributed by atoms with van der Waals surface area (Å²) in [5.74, 6) is 0. The van der Waals surface area contributed by atoms with Crippen molar-refractivity contribution in [2.24, 2.45) is 0 Å². The maximum absolute atomic E-state index is 10.6. The Bertz CT molecular complexity index is 242. The largest absolute Gasteiger partial charge is 0.385 e. The van der Waals surface area contributed by atoms with E-state index in [0.717, 1.165) is 6.26 Å². The van der Waals surface area contributed by atoms with Crippen LogP contribution in [0.3, 0.4) is 0 Å². The Morgan fingerprint density at radius 1 is 1.38 bits per heavy atom. The van der Waals surface area contributed by atoms with Gasteiger partial charge in [0.15, 0.2) is 0 Å². The monoisotopic (exact) mass is 212 g/mol. The van der Waals surface area contributed by atoms with Gasteiger partial charge < -0.3 is 9.59 Å². The number of quaternary nitrogens is 1. The quantitative estimate of drug-likeness (QED) is 0.470. The highest BCUT2D eigenvalue weighted by molar-refractivity contribution is 7.85. The Kier molecular flexibility index (Phi) is 4.31. The molecule has 0 bridgehead atoms. The molecule has 0 aromatic rings. The first-order valence-electron chi connectivity index (χ1n) is 3.93. The number of nitrogens with zero attached hydrogens (tertiary/aromatic N) is 1. The van der Waals surface area contributed by atoms with E-state index >= 15 is 0 Å². The van der Waals surface area contributed by atoms with Gasteiger partial charge in [0, 0.05) is 0 Å². The molecule has 5 nitrogen and oxygen atoms in total. The fraction of sp³-hybridized carbons (Fsp3) is 1.00. The van der Waals surface area contributed by atoms with Crippen molar-refractivity contribution in [3.05, 3.63) is 0 Å². The lowest BCUT2D eigenvalue weighted by atomic mass is 10.3. The van der Waals surface area contributed by atoms with Crippen molar-refractivity contribution in [2.75, 3.05) is 40.6 Å². The topological polar surface area (TPSA) is 63.6 Å². The van der Waals surface area contributed by atoms with Crippen LogP contribution in [0.5, 0.6) is 0 Å². The van der Waals surface area contributed by atoms with E-state index in [2.05, 4.69) is 4.18 Å². The molecule has 0 radical (unpaired) electrons. The number of rotatable bonds is 5. The van der Waals surface area contributed by atoms with Gasteiger partial charge in [-0.05, 0) is 0 Å². The third-order valence-electron chi connectivity index (χ3n) is 1.23. The average molecular weight is 212 g/mol. The number of aliphatic hydroxyl groups excluding tert-OH is 1. The van der Waals surface area contributed by atoms with Crippen LogP contribution in [-0.2, 0) is 14.3 Å². The Hall–Kier alpha value is -0.170. The molecule has 0 aromatic heterocycles. The van der Waals surface area contributed by atoms with Gasteiger partial charge in [-0.15, -0.1) is 0 Å². The van der Waals surface area contributed by atoms with Gasteiger partial charge in [-0.3, -0.25) is 4.18 Å². The summed E-state index contributed by atoms with van der Waals surface area (Å²) in [6.07, 6.45) is 0.209. The first kappa shape index (κ1) is 12.8. The number of likely N-dealkylation sites (N-methyl/N-ethyl adjacent to an activating group) is 1. The summed E-state index contributed by atoms with van der Waals surface area (Å²) in [4.78, 5) is 0. The van der Waals surface area contributed by atoms with E-state index in [0.29, 0.717) is 11.0 Å². The van der Waals surface area contributed by atoms with E-state index in [9.17, 15) is 13.5 Å². The second kappa shape index (κ2) is 4.36. The minimum absolute atomic E-state index is 0.172. The first-order chi connectivity index (χ1) is 5.60. The number of hydrogen-bond acceptors (Lipinski definition) is 4. The lowest BCUT2D eigenvalue weighted by molar-refractivity contribution is -0.873. The third kappa shape index (κ3) is 9.75. The van der Waals surface area contributed by atoms with Gasteiger partial charge in [0.1, 0.15) is 12.6 Å². The average Bonchev–Trinajstić information content (AvgIpc) is 1.78. The van der Waals surface area contributed by atoms with Crippen molar-refractivity contribution in [3.63, 3.8) is 0 Å². The van der Waals surface area contributed by atoms with E-state index < -0.39 is 16.2 Å². The molecular formula is C7H18NO4S+. The third-order valence-corrected chi connectivity index (χ3v) is 1.80. The Labute approximate surface area is 79.6 Å². The van der Waals surface area contributed by atoms with Gasteiger partial charge in [0.05, 0.1) is 34.0 Å². The van der Waals surface area contributed by atoms with E-state index in [4.69, 9.17) is 0 Å². The summed E-state index contributed by atoms with van der Waals surface area (Å²) in [6, 6.07) is 0. The van der Waals surface area contributed by atoms with E-state index in [1.165, 1.54) is 0 Å². The molecule has 0 spiro atoms. The van der Waals surface area contributed by atoms with Crippen LogP contribution in [0.25, 0.3) is 0 Å². The molecule has 0 amide bonds. The lowest BCUT2D eigenvalue weighted by Gasteiger charge is -2.26. The summed E-state index contributed by atoms with van der Waals surface area (Å²) in [6.45, 7) is 0.282. The van der Waals surface area contributed by atoms with Crippen molar-refractivity contribution >= 4 is 10.1 Å². The maximum Gasteiger partial charge on any atom is 0.264 e. The predicted molar refractivity (Wildman–Crippen MR) is 49.7 cm³/mol. The van der Waals surface area contributed by atoms with E-state index in [-0.39, 0.29) is 6.61 Å². The molecule has 0 aromatic carbocycles. The molecule has 0 saturated heterocycles. The Morgan fingerprint density at radius 3 is 2.15 bits per heavy atom. The summed E-state index contributed by atoms with van der Waals surface area (Å²) < 4.78 is 26.1. The molecule has 0 rings (SSSR count). The van der Waals surface area contributed by atoms with Crippen LogP contribution in [0.2, 0.25) is 0 Å². The fourth-order valence-corrected chi connectivity index (χ4v) is 1.29. The van der Waals surface area contributed by atoms with E-state index in [1.54, 1.807) is 0 Å². The van der Waals surface area contributed by atoms with Gasteiger partial charge in [-0.2, -0.15) is 8.42 Å². The van der Waals surface area contributed by atoms with Crippen molar-refractivity contribution < 1.29 is 22.2 Å². The molecule has 6 heteroatoms. The zero-order valence-electron chi connectivity index (χ0n) is 8.52. The molecule has 0 aliphatic heterocycles. The SMILES string of the molecule is C[N+](C)(C)C[C@@H](O)COS(C)(=O)=O. The van der Waals surface area contributed by atoms with Crippen molar-refractivity contribution in [3.8, 4) is 0 Å². The normalized spacial score (nSPS) is 15.8. The molecule has 0 aliphatic rings. The first-order valence-corrected chi connectivity index (χ1v) is 5.75. The molecular weight excluding hydrogens is 194 g/mol. The summed E-state index contributed by atoms with van der Waals surface area (Å²) in [5.41, 5.74) is 0. The van der Waals surface area contributed by atoms with Crippen LogP contribution < -0.4 is 0 Å². The predicted octanol–water partition coefficient (Wildman–Crippen LogP) is -0.970. The lowest BCUT2D eigenvalue weighted by Crippen LogP contribution is -2.43. The van der Waals surface area contributed by atoms with Crippen LogP contribution in [0.15, 0.2) is 0 Å². The van der Waals surface area contributed by atoms with Crippen molar-refractivity contribution in [1.82, 2.24) is 0 Å². The summed E-state index contributed by atoms with van der Waals surface area (Å²) in [7, 11) is 2.28. The van der Waals surface area contributed by atoms with Crippen LogP contribution in [-0.4, -0.2) is 64.7 Å². The maximum atomic E-state index is 10.6.